The first-order valence-corrected chi connectivity index (χ1v) is 31.8. The molecule has 1 saturated carbocycles. The topological polar surface area (TPSA) is 227 Å². The van der Waals surface area contributed by atoms with Gasteiger partial charge < -0.3 is 40.4 Å². The van der Waals surface area contributed by atoms with Crippen LogP contribution in [-0.4, -0.2) is 153 Å². The van der Waals surface area contributed by atoms with Gasteiger partial charge in [-0.3, -0.25) is 28.9 Å². The van der Waals surface area contributed by atoms with E-state index in [4.69, 9.17) is 9.97 Å². The van der Waals surface area contributed by atoms with E-state index >= 15 is 0 Å². The van der Waals surface area contributed by atoms with Crippen LogP contribution in [0.1, 0.15) is 118 Å². The van der Waals surface area contributed by atoms with Crippen LogP contribution in [0.2, 0.25) is 0 Å². The zero-order valence-electron chi connectivity index (χ0n) is 51.1. The average molecular weight is 1210 g/mol. The van der Waals surface area contributed by atoms with Crippen molar-refractivity contribution in [3.05, 3.63) is 153 Å². The van der Waals surface area contributed by atoms with E-state index in [-0.39, 0.29) is 60.5 Å². The van der Waals surface area contributed by atoms with Crippen LogP contribution in [0.25, 0.3) is 27.3 Å². The zero-order valence-corrected chi connectivity index (χ0v) is 51.9. The fourth-order valence-corrected chi connectivity index (χ4v) is 14.7. The van der Waals surface area contributed by atoms with Crippen LogP contribution < -0.4 is 21.1 Å². The first-order valence-electron chi connectivity index (χ1n) is 30.9. The number of thiazole rings is 1. The third-order valence-electron chi connectivity index (χ3n) is 18.9. The second-order valence-electron chi connectivity index (χ2n) is 25.5. The minimum Gasteiger partial charge on any atom is -0.391 e. The monoisotopic (exact) mass is 1210 g/mol. The molecule has 4 aromatic heterocycles. The van der Waals surface area contributed by atoms with E-state index in [0.29, 0.717) is 59.7 Å². The molecular weight excluding hydrogens is 1130 g/mol. The summed E-state index contributed by atoms with van der Waals surface area (Å²) in [6.07, 6.45) is 7.16. The number of nitrogens with one attached hydrogen (secondary N) is 2. The van der Waals surface area contributed by atoms with Crippen LogP contribution >= 0.6 is 11.3 Å². The Balaban J connectivity index is 0.654. The number of pyridine rings is 1. The first kappa shape index (κ1) is 60.2. The summed E-state index contributed by atoms with van der Waals surface area (Å²) in [5, 5.41) is 28.7. The summed E-state index contributed by atoms with van der Waals surface area (Å²) < 4.78 is 3.15. The Morgan fingerprint density at radius 2 is 1.66 bits per heavy atom. The Kier molecular flexibility index (Phi) is 16.7. The molecule has 88 heavy (non-hydrogen) atoms. The summed E-state index contributed by atoms with van der Waals surface area (Å²) >= 11 is 1.55. The van der Waals surface area contributed by atoms with Crippen molar-refractivity contribution in [2.45, 2.75) is 135 Å². The minimum absolute atomic E-state index is 0.0305. The Morgan fingerprint density at radius 3 is 2.33 bits per heavy atom. The summed E-state index contributed by atoms with van der Waals surface area (Å²) in [7, 11) is 0. The van der Waals surface area contributed by atoms with Crippen molar-refractivity contribution >= 4 is 63.3 Å². The van der Waals surface area contributed by atoms with Crippen molar-refractivity contribution in [3.63, 3.8) is 0 Å². The quantitative estimate of drug-likeness (QED) is 0.0599. The molecule has 0 unspecified atom stereocenters. The summed E-state index contributed by atoms with van der Waals surface area (Å²) in [5.41, 5.74) is 8.54. The highest BCUT2D eigenvalue weighted by molar-refractivity contribution is 7.13. The largest absolute Gasteiger partial charge is 0.391 e. The molecule has 20 nitrogen and oxygen atoms in total. The number of carbonyl (C=O) groups excluding carboxylic acids is 4. The molecule has 0 bridgehead atoms. The number of amides is 4. The number of aliphatic hydroxyl groups excluding tert-OH is 1. The Hall–Kier alpha value is -8.11. The van der Waals surface area contributed by atoms with Gasteiger partial charge in [-0.1, -0.05) is 69.3 Å². The highest BCUT2D eigenvalue weighted by Gasteiger charge is 2.50. The van der Waals surface area contributed by atoms with Crippen molar-refractivity contribution in [2.75, 3.05) is 56.0 Å². The Labute approximate surface area is 516 Å². The van der Waals surface area contributed by atoms with Crippen LogP contribution in [0.4, 0.5) is 17.3 Å². The van der Waals surface area contributed by atoms with E-state index in [2.05, 4.69) is 56.0 Å². The second-order valence-corrected chi connectivity index (χ2v) is 26.4. The van der Waals surface area contributed by atoms with E-state index in [0.717, 1.165) is 102 Å². The van der Waals surface area contributed by atoms with Gasteiger partial charge in [0.05, 0.1) is 46.9 Å². The van der Waals surface area contributed by atoms with Gasteiger partial charge in [-0.15, -0.1) is 17.9 Å². The predicted molar refractivity (Wildman–Crippen MR) is 339 cm³/mol. The predicted octanol–water partition coefficient (Wildman–Crippen LogP) is 7.91. The number of allylic oxidation sites excluding steroid dienone is 1. The number of piperidine rings is 1. The summed E-state index contributed by atoms with van der Waals surface area (Å²) in [5.74, 6) is -0.591. The Morgan fingerprint density at radius 1 is 0.920 bits per heavy atom. The lowest BCUT2D eigenvalue weighted by atomic mass is 9.60. The van der Waals surface area contributed by atoms with E-state index < -0.39 is 35.7 Å². The molecule has 12 rings (SSSR count). The number of rotatable bonds is 18. The molecule has 4 aliphatic heterocycles. The average Bonchev–Trinajstić information content (AvgIpc) is 1.40. The molecule has 8 heterocycles. The number of benzene rings is 3. The van der Waals surface area contributed by atoms with Gasteiger partial charge in [-0.05, 0) is 129 Å². The first-order chi connectivity index (χ1) is 42.3. The number of hydrogen-bond donors (Lipinski definition) is 4. The van der Waals surface area contributed by atoms with Gasteiger partial charge in [0, 0.05) is 88.0 Å². The smallest absolute Gasteiger partial charge is 0.278 e. The molecule has 5 aliphatic rings. The molecule has 3 aromatic carbocycles. The van der Waals surface area contributed by atoms with Gasteiger partial charge in [0.25, 0.3) is 11.5 Å². The molecule has 21 heteroatoms. The van der Waals surface area contributed by atoms with Crippen LogP contribution in [0.15, 0.2) is 114 Å². The maximum atomic E-state index is 14.7. The maximum Gasteiger partial charge on any atom is 0.278 e. The lowest BCUT2D eigenvalue weighted by Gasteiger charge is -2.56. The normalized spacial score (nSPS) is 19.5. The Bertz CT molecular complexity index is 3830. The number of aliphatic hydroxyl groups is 2. The van der Waals surface area contributed by atoms with Crippen molar-refractivity contribution in [2.24, 2.45) is 11.3 Å². The van der Waals surface area contributed by atoms with Crippen LogP contribution in [0, 0.1) is 18.3 Å². The fraction of sp³-hybridized carbons (Fsp3) is 0.448. The van der Waals surface area contributed by atoms with Crippen molar-refractivity contribution in [1.29, 1.82) is 0 Å². The molecule has 4 amide bonds. The van der Waals surface area contributed by atoms with Crippen molar-refractivity contribution in [3.8, 4) is 16.3 Å². The SMILES string of the molecule is C=CCn1c(=O)c2cnc(Nc3ccc(N4CCN(C5CC6(CCN(C(=O)C[C@H](NC(=O)[C@@H]7C[C@@H](O)CN7C(=O)[C@H](C(C)C)N7Cc8cc(CC)ccc8C7=O)c7ccc(-c8scnc8C)cc7)CC6)C5)CC4)cc3)nc2n1-c1cccc(C(C)(C)O)n1. The number of aryl methyl sites for hydroxylation is 2. The number of carbonyl (C=O) groups is 4. The summed E-state index contributed by atoms with van der Waals surface area (Å²) in [6, 6.07) is 25.2. The third kappa shape index (κ3) is 11.9. The number of β-amino-alcohol motifs (C(OH)–C–C–N with tert-alkyl or cyclic N) is 1. The number of piperazine rings is 1. The number of hydrogen-bond acceptors (Lipinski definition) is 15. The summed E-state index contributed by atoms with van der Waals surface area (Å²) in [6.45, 7) is 20.5. The maximum absolute atomic E-state index is 14.7. The number of likely N-dealkylation sites (tertiary alicyclic amines) is 2. The molecular formula is C67H79N13O7S. The standard InChI is InChI=1S/C67H79N13O7S/c1-8-25-79-63(85)52-37-68-65(73-60(52)80(79)56-12-10-11-55(72-56)66(6,7)87)70-47-18-20-48(21-19-47)74-28-30-75(31-29-74)49-35-67(36-49)23-26-76(27-24-67)57(82)34-53(44-14-16-45(17-15-44)59-42(5)69-40-88-59)71-61(83)54-33-50(81)39-77(54)64(86)58(41(3)4)78-38-46-32-43(9-2)13-22-51(46)62(78)84/h8,10-22,32,37,40-41,49-50,53-54,58,81,87H,1,9,23-31,33-36,38-39H2,2-7H3,(H,71,83)(H,68,70,73)/t50-,53+,54+,58+/m1/s1. The van der Waals surface area contributed by atoms with Crippen LogP contribution in [0.5, 0.6) is 0 Å². The van der Waals surface area contributed by atoms with Crippen molar-refractivity contribution in [1.82, 2.24) is 54.2 Å². The van der Waals surface area contributed by atoms with E-state index in [1.165, 1.54) is 15.8 Å². The van der Waals surface area contributed by atoms with Gasteiger partial charge >= 0.3 is 0 Å². The molecule has 4 atom stereocenters. The second kappa shape index (κ2) is 24.5. The van der Waals surface area contributed by atoms with Gasteiger partial charge in [0.15, 0.2) is 11.5 Å². The number of nitrogens with zero attached hydrogens (tertiary/aromatic N) is 11. The minimum atomic E-state index is -1.19. The van der Waals surface area contributed by atoms with Crippen LogP contribution in [0.3, 0.4) is 0 Å². The van der Waals surface area contributed by atoms with Crippen LogP contribution in [-0.2, 0) is 39.5 Å². The van der Waals surface area contributed by atoms with Gasteiger partial charge in [-0.2, -0.15) is 4.98 Å². The molecule has 1 spiro atoms. The van der Waals surface area contributed by atoms with E-state index in [1.54, 1.807) is 59.0 Å². The van der Waals surface area contributed by atoms with Crippen molar-refractivity contribution < 1.29 is 29.4 Å². The third-order valence-corrected chi connectivity index (χ3v) is 19.9. The highest BCUT2D eigenvalue weighted by atomic mass is 32.1. The van der Waals surface area contributed by atoms with Gasteiger partial charge in [0.2, 0.25) is 23.7 Å². The van der Waals surface area contributed by atoms with E-state index in [1.807, 2.05) is 85.8 Å². The molecule has 4 fully saturated rings. The lowest BCUT2D eigenvalue weighted by molar-refractivity contribution is -0.144. The van der Waals surface area contributed by atoms with Gasteiger partial charge in [-0.25, -0.2) is 24.3 Å². The molecule has 460 valence electrons. The molecule has 7 aromatic rings. The lowest BCUT2D eigenvalue weighted by Crippen LogP contribution is -2.59. The number of fused-ring (bicyclic) bond motifs is 2. The number of aromatic nitrogens is 6. The number of anilines is 3. The van der Waals surface area contributed by atoms with Gasteiger partial charge in [0.1, 0.15) is 23.1 Å². The fourth-order valence-electron chi connectivity index (χ4n) is 13.9. The van der Waals surface area contributed by atoms with E-state index in [9.17, 15) is 34.2 Å². The highest BCUT2D eigenvalue weighted by Crippen LogP contribution is 2.51. The molecule has 0 radical (unpaired) electrons. The zero-order chi connectivity index (χ0) is 61.8. The molecule has 4 N–H and O–H groups in total. The molecule has 3 saturated heterocycles. The molecule has 1 aliphatic carbocycles. The summed E-state index contributed by atoms with van der Waals surface area (Å²) in [4.78, 5) is 101.